The second-order valence-corrected chi connectivity index (χ2v) is 7.39. The Morgan fingerprint density at radius 2 is 1.45 bits per heavy atom. The molecule has 0 aromatic heterocycles. The van der Waals surface area contributed by atoms with E-state index in [1.807, 2.05) is 30.3 Å². The molecule has 4 amide bonds. The summed E-state index contributed by atoms with van der Waals surface area (Å²) in [6, 6.07) is 22.8. The smallest absolute Gasteiger partial charge is 0.269 e. The third kappa shape index (κ3) is 4.74. The number of carbonyl (C=O) groups is 4. The van der Waals surface area contributed by atoms with Gasteiger partial charge in [-0.2, -0.15) is 0 Å². The lowest BCUT2D eigenvalue weighted by molar-refractivity contribution is -0.139. The number of nitrogens with one attached hydrogen (secondary N) is 1. The van der Waals surface area contributed by atoms with E-state index in [1.54, 1.807) is 54.6 Å². The van der Waals surface area contributed by atoms with Crippen LogP contribution in [0.5, 0.6) is 11.5 Å². The predicted octanol–water partition coefficient (Wildman–Crippen LogP) is 3.30. The first-order valence-electron chi connectivity index (χ1n) is 10.3. The normalized spacial score (nSPS) is 15.3. The van der Waals surface area contributed by atoms with Crippen LogP contribution in [0.25, 0.3) is 0 Å². The van der Waals surface area contributed by atoms with Crippen LogP contribution in [0.15, 0.2) is 84.9 Å². The van der Waals surface area contributed by atoms with E-state index in [4.69, 9.17) is 4.74 Å². The van der Waals surface area contributed by atoms with Gasteiger partial charge in [-0.1, -0.05) is 36.4 Å². The zero-order chi connectivity index (χ0) is 23.4. The van der Waals surface area contributed by atoms with Crippen LogP contribution in [-0.2, 0) is 14.4 Å². The number of rotatable bonds is 5. The molecule has 1 atom stereocenters. The molecule has 0 bridgehead atoms. The Labute approximate surface area is 190 Å². The average molecular weight is 443 g/mol. The first-order valence-corrected chi connectivity index (χ1v) is 10.3. The molecule has 8 heteroatoms. The van der Waals surface area contributed by atoms with E-state index in [2.05, 4.69) is 5.43 Å². The Balaban J connectivity index is 1.50. The minimum Gasteiger partial charge on any atom is -0.457 e. The molecular weight excluding hydrogens is 422 g/mol. The number of nitrogens with zero attached hydrogens (tertiary/aromatic N) is 2. The van der Waals surface area contributed by atoms with Gasteiger partial charge in [0.25, 0.3) is 11.8 Å². The van der Waals surface area contributed by atoms with Gasteiger partial charge in [0.1, 0.15) is 17.5 Å². The van der Waals surface area contributed by atoms with E-state index in [0.29, 0.717) is 22.7 Å². The Morgan fingerprint density at radius 1 is 0.879 bits per heavy atom. The lowest BCUT2D eigenvalue weighted by Crippen LogP contribution is -2.54. The van der Waals surface area contributed by atoms with E-state index < -0.39 is 29.7 Å². The third-order valence-electron chi connectivity index (χ3n) is 5.11. The molecule has 1 saturated heterocycles. The van der Waals surface area contributed by atoms with Crippen LogP contribution >= 0.6 is 0 Å². The molecule has 4 rings (SSSR count). The fraction of sp³-hybridized carbons (Fsp3) is 0.120. The van der Waals surface area contributed by atoms with Crippen LogP contribution in [0.3, 0.4) is 0 Å². The molecule has 33 heavy (non-hydrogen) atoms. The number of carbonyl (C=O) groups excluding carboxylic acids is 4. The fourth-order valence-electron chi connectivity index (χ4n) is 3.52. The number of anilines is 1. The van der Waals surface area contributed by atoms with Crippen LogP contribution in [0, 0.1) is 0 Å². The highest BCUT2D eigenvalue weighted by atomic mass is 16.5. The molecule has 1 unspecified atom stereocenters. The number of imide groups is 1. The highest BCUT2D eigenvalue weighted by Crippen LogP contribution is 2.29. The predicted molar refractivity (Wildman–Crippen MR) is 120 cm³/mol. The number of hydrazine groups is 1. The molecule has 0 radical (unpaired) electrons. The quantitative estimate of drug-likeness (QED) is 0.482. The minimum absolute atomic E-state index is 0.240. The van der Waals surface area contributed by atoms with Gasteiger partial charge in [0.15, 0.2) is 0 Å². The van der Waals surface area contributed by atoms with Crippen molar-refractivity contribution in [2.45, 2.75) is 19.4 Å². The van der Waals surface area contributed by atoms with Crippen LogP contribution in [0.4, 0.5) is 5.69 Å². The molecule has 0 saturated carbocycles. The van der Waals surface area contributed by atoms with Crippen LogP contribution in [0.2, 0.25) is 0 Å². The zero-order valence-corrected chi connectivity index (χ0v) is 17.8. The summed E-state index contributed by atoms with van der Waals surface area (Å²) in [6.45, 7) is 1.22. The lowest BCUT2D eigenvalue weighted by atomic mass is 10.2. The average Bonchev–Trinajstić information content (AvgIpc) is 3.12. The zero-order valence-electron chi connectivity index (χ0n) is 17.8. The SMILES string of the molecule is CC(=O)N(NC(=O)c1ccccc1)C1CC(=O)N(c2ccc(Oc3ccccc3)cc2)C1=O. The number of hydrogen-bond donors (Lipinski definition) is 1. The maximum absolute atomic E-state index is 13.1. The highest BCUT2D eigenvalue weighted by Gasteiger charge is 2.44. The molecule has 8 nitrogen and oxygen atoms in total. The van der Waals surface area contributed by atoms with Crippen LogP contribution in [0.1, 0.15) is 23.7 Å². The molecule has 0 aliphatic carbocycles. The lowest BCUT2D eigenvalue weighted by Gasteiger charge is -2.26. The van der Waals surface area contributed by atoms with Crippen molar-refractivity contribution in [1.29, 1.82) is 0 Å². The van der Waals surface area contributed by atoms with Crippen molar-refractivity contribution in [3.05, 3.63) is 90.5 Å². The molecule has 3 aromatic carbocycles. The second-order valence-electron chi connectivity index (χ2n) is 7.39. The van der Waals surface area contributed by atoms with E-state index >= 15 is 0 Å². The largest absolute Gasteiger partial charge is 0.457 e. The Bertz CT molecular complexity index is 1180. The fourth-order valence-corrected chi connectivity index (χ4v) is 3.52. The summed E-state index contributed by atoms with van der Waals surface area (Å²) in [5.41, 5.74) is 3.14. The summed E-state index contributed by atoms with van der Waals surface area (Å²) in [5, 5.41) is 0.919. The van der Waals surface area contributed by atoms with Crippen molar-refractivity contribution >= 4 is 29.3 Å². The molecule has 1 aliphatic rings. The molecule has 1 fully saturated rings. The van der Waals surface area contributed by atoms with Crippen molar-refractivity contribution in [1.82, 2.24) is 10.4 Å². The standard InChI is InChI=1S/C25H21N3O5/c1-17(29)28(26-24(31)18-8-4-2-5-9-18)22-16-23(30)27(25(22)32)19-12-14-21(15-13-19)33-20-10-6-3-7-11-20/h2-15,22H,16H2,1H3,(H,26,31). The number of benzene rings is 3. The van der Waals surface area contributed by atoms with Crippen molar-refractivity contribution < 1.29 is 23.9 Å². The van der Waals surface area contributed by atoms with Crippen molar-refractivity contribution in [3.8, 4) is 11.5 Å². The van der Waals surface area contributed by atoms with Gasteiger partial charge < -0.3 is 4.74 Å². The third-order valence-corrected chi connectivity index (χ3v) is 5.11. The summed E-state index contributed by atoms with van der Waals surface area (Å²) >= 11 is 0. The number of amides is 4. The Kier molecular flexibility index (Phi) is 6.17. The van der Waals surface area contributed by atoms with Gasteiger partial charge in [-0.05, 0) is 48.5 Å². The second kappa shape index (κ2) is 9.35. The number of ether oxygens (including phenoxy) is 1. The molecule has 1 N–H and O–H groups in total. The van der Waals surface area contributed by atoms with Gasteiger partial charge >= 0.3 is 0 Å². The molecule has 0 spiro atoms. The summed E-state index contributed by atoms with van der Waals surface area (Å²) in [5.74, 6) is -0.973. The summed E-state index contributed by atoms with van der Waals surface area (Å²) in [7, 11) is 0. The molecule has 166 valence electrons. The van der Waals surface area contributed by atoms with Crippen molar-refractivity contribution in [3.63, 3.8) is 0 Å². The van der Waals surface area contributed by atoms with Crippen molar-refractivity contribution in [2.75, 3.05) is 4.90 Å². The monoisotopic (exact) mass is 443 g/mol. The molecule has 1 aliphatic heterocycles. The summed E-state index contributed by atoms with van der Waals surface area (Å²) < 4.78 is 5.74. The number of para-hydroxylation sites is 1. The van der Waals surface area contributed by atoms with Gasteiger partial charge in [0, 0.05) is 12.5 Å². The van der Waals surface area contributed by atoms with Crippen molar-refractivity contribution in [2.24, 2.45) is 0 Å². The van der Waals surface area contributed by atoms with E-state index in [-0.39, 0.29) is 6.42 Å². The first kappa shape index (κ1) is 21.8. The topological polar surface area (TPSA) is 96.0 Å². The van der Waals surface area contributed by atoms with Crippen LogP contribution < -0.4 is 15.1 Å². The Hall–Kier alpha value is -4.46. The van der Waals surface area contributed by atoms with E-state index in [1.165, 1.54) is 6.92 Å². The highest BCUT2D eigenvalue weighted by molar-refractivity contribution is 6.23. The minimum atomic E-state index is -1.14. The number of hydrogen-bond acceptors (Lipinski definition) is 5. The first-order chi connectivity index (χ1) is 15.9. The van der Waals surface area contributed by atoms with Gasteiger partial charge in [0.2, 0.25) is 11.8 Å². The summed E-state index contributed by atoms with van der Waals surface area (Å²) in [4.78, 5) is 51.5. The molecule has 3 aromatic rings. The summed E-state index contributed by atoms with van der Waals surface area (Å²) in [6.07, 6.45) is -0.240. The van der Waals surface area contributed by atoms with E-state index in [9.17, 15) is 19.2 Å². The van der Waals surface area contributed by atoms with E-state index in [0.717, 1.165) is 9.91 Å². The van der Waals surface area contributed by atoms with Gasteiger partial charge in [-0.25, -0.2) is 9.91 Å². The maximum Gasteiger partial charge on any atom is 0.269 e. The van der Waals surface area contributed by atoms with Gasteiger partial charge in [0.05, 0.1) is 12.1 Å². The van der Waals surface area contributed by atoms with Gasteiger partial charge in [-0.3, -0.25) is 24.6 Å². The maximum atomic E-state index is 13.1. The van der Waals surface area contributed by atoms with Gasteiger partial charge in [-0.15, -0.1) is 0 Å². The molecule has 1 heterocycles. The Morgan fingerprint density at radius 3 is 2.06 bits per heavy atom. The molecular formula is C25H21N3O5. The van der Waals surface area contributed by atoms with Crippen LogP contribution in [-0.4, -0.2) is 34.7 Å².